The van der Waals surface area contributed by atoms with Crippen LogP contribution < -0.4 is 0 Å². The van der Waals surface area contributed by atoms with Crippen LogP contribution in [-0.4, -0.2) is 26.7 Å². The summed E-state index contributed by atoms with van der Waals surface area (Å²) in [5.74, 6) is -0.159. The fraction of sp³-hybridized carbons (Fsp3) is 0.333. The Morgan fingerprint density at radius 1 is 1.39 bits per heavy atom. The summed E-state index contributed by atoms with van der Waals surface area (Å²) in [7, 11) is -3.28. The summed E-state index contributed by atoms with van der Waals surface area (Å²) < 4.78 is 22.6. The van der Waals surface area contributed by atoms with Crippen LogP contribution in [0, 0.1) is 0 Å². The minimum absolute atomic E-state index is 0.0982. The van der Waals surface area contributed by atoms with Gasteiger partial charge in [0.15, 0.2) is 9.84 Å². The average molecular weight is 289 g/mol. The Bertz CT molecular complexity index is 563. The molecular formula is C12H13ClO4S. The summed E-state index contributed by atoms with van der Waals surface area (Å²) in [4.78, 5) is 21.5. The fourth-order valence-electron chi connectivity index (χ4n) is 1.43. The van der Waals surface area contributed by atoms with Crippen LogP contribution in [0.25, 0.3) is 0 Å². The van der Waals surface area contributed by atoms with Crippen LogP contribution >= 0.6 is 11.6 Å². The van der Waals surface area contributed by atoms with Crippen LogP contribution in [0.3, 0.4) is 0 Å². The van der Waals surface area contributed by atoms with Crippen molar-refractivity contribution in [2.45, 2.75) is 24.2 Å². The normalized spacial score (nSPS) is 11.2. The predicted molar refractivity (Wildman–Crippen MR) is 68.6 cm³/mol. The van der Waals surface area contributed by atoms with Gasteiger partial charge in [-0.3, -0.25) is 4.79 Å². The van der Waals surface area contributed by atoms with Crippen LogP contribution in [0.2, 0.25) is 5.02 Å². The van der Waals surface area contributed by atoms with Crippen LogP contribution in [0.1, 0.15) is 18.4 Å². The van der Waals surface area contributed by atoms with Gasteiger partial charge in [-0.2, -0.15) is 0 Å². The molecule has 98 valence electrons. The van der Waals surface area contributed by atoms with E-state index in [0.29, 0.717) is 23.3 Å². The first kappa shape index (κ1) is 14.9. The summed E-state index contributed by atoms with van der Waals surface area (Å²) >= 11 is 5.95. The second-order valence-corrected chi connectivity index (χ2v) is 6.36. The predicted octanol–water partition coefficient (Wildman–Crippen LogP) is 1.83. The molecule has 0 heterocycles. The number of halogens is 1. The summed E-state index contributed by atoms with van der Waals surface area (Å²) in [6.45, 7) is 0. The largest absolute Gasteiger partial charge is 0.303 e. The summed E-state index contributed by atoms with van der Waals surface area (Å²) in [5.41, 5.74) is 0.698. The first-order valence-corrected chi connectivity index (χ1v) is 7.55. The highest BCUT2D eigenvalue weighted by atomic mass is 35.5. The van der Waals surface area contributed by atoms with E-state index in [2.05, 4.69) is 0 Å². The van der Waals surface area contributed by atoms with E-state index in [1.165, 1.54) is 12.1 Å². The van der Waals surface area contributed by atoms with Crippen LogP contribution in [0.15, 0.2) is 23.1 Å². The fourth-order valence-corrected chi connectivity index (χ4v) is 2.42. The van der Waals surface area contributed by atoms with Gasteiger partial charge in [0.2, 0.25) is 0 Å². The van der Waals surface area contributed by atoms with Crippen molar-refractivity contribution in [3.63, 3.8) is 0 Å². The van der Waals surface area contributed by atoms with Gasteiger partial charge in [-0.25, -0.2) is 8.42 Å². The average Bonchev–Trinajstić information content (AvgIpc) is 2.26. The maximum absolute atomic E-state index is 11.3. The molecule has 0 atom stereocenters. The van der Waals surface area contributed by atoms with Crippen molar-refractivity contribution < 1.29 is 18.0 Å². The zero-order valence-corrected chi connectivity index (χ0v) is 11.4. The Hall–Kier alpha value is -1.20. The van der Waals surface area contributed by atoms with Crippen LogP contribution in [0.5, 0.6) is 0 Å². The SMILES string of the molecule is CS(=O)(=O)c1ccc(CCC(=O)CC=O)c(Cl)c1. The minimum Gasteiger partial charge on any atom is -0.303 e. The molecule has 0 saturated carbocycles. The Morgan fingerprint density at radius 3 is 2.56 bits per heavy atom. The van der Waals surface area contributed by atoms with Gasteiger partial charge in [-0.1, -0.05) is 17.7 Å². The van der Waals surface area contributed by atoms with Crippen LogP contribution in [-0.2, 0) is 25.8 Å². The number of aryl methyl sites for hydroxylation is 1. The number of rotatable bonds is 6. The number of carbonyl (C=O) groups excluding carboxylic acids is 2. The molecule has 1 aromatic rings. The van der Waals surface area contributed by atoms with Gasteiger partial charge in [0.25, 0.3) is 0 Å². The van der Waals surface area contributed by atoms with E-state index in [9.17, 15) is 18.0 Å². The molecule has 0 amide bonds. The minimum atomic E-state index is -3.28. The van der Waals surface area contributed by atoms with Crippen molar-refractivity contribution in [3.8, 4) is 0 Å². The Labute approximate surface area is 111 Å². The lowest BCUT2D eigenvalue weighted by molar-refractivity contribution is -0.122. The third kappa shape index (κ3) is 4.23. The quantitative estimate of drug-likeness (QED) is 0.591. The highest BCUT2D eigenvalue weighted by Gasteiger charge is 2.11. The third-order valence-electron chi connectivity index (χ3n) is 2.44. The molecule has 0 N–H and O–H groups in total. The number of aldehydes is 1. The number of hydrogen-bond donors (Lipinski definition) is 0. The van der Waals surface area contributed by atoms with Crippen molar-refractivity contribution >= 4 is 33.5 Å². The molecule has 0 spiro atoms. The number of hydrogen-bond acceptors (Lipinski definition) is 4. The zero-order chi connectivity index (χ0) is 13.8. The van der Waals surface area contributed by atoms with E-state index in [-0.39, 0.29) is 23.5 Å². The number of benzene rings is 1. The monoisotopic (exact) mass is 288 g/mol. The molecule has 0 aliphatic rings. The molecule has 1 aromatic carbocycles. The molecule has 4 nitrogen and oxygen atoms in total. The standard InChI is InChI=1S/C12H13ClO4S/c1-18(16,17)11-5-3-9(12(13)8-11)2-4-10(15)6-7-14/h3,5,7-8H,2,4,6H2,1H3. The van der Waals surface area contributed by atoms with E-state index in [1.807, 2.05) is 0 Å². The number of carbonyl (C=O) groups is 2. The molecule has 0 unspecified atom stereocenters. The Morgan fingerprint density at radius 2 is 2.06 bits per heavy atom. The van der Waals surface area contributed by atoms with E-state index in [0.717, 1.165) is 6.26 Å². The maximum Gasteiger partial charge on any atom is 0.175 e. The van der Waals surface area contributed by atoms with E-state index >= 15 is 0 Å². The third-order valence-corrected chi connectivity index (χ3v) is 3.90. The molecule has 0 aliphatic carbocycles. The Kier molecular flexibility index (Phi) is 5.04. The molecule has 1 rings (SSSR count). The first-order valence-electron chi connectivity index (χ1n) is 5.28. The molecular weight excluding hydrogens is 276 g/mol. The summed E-state index contributed by atoms with van der Waals surface area (Å²) in [5, 5.41) is 0.317. The van der Waals surface area contributed by atoms with Gasteiger partial charge < -0.3 is 4.79 Å². The molecule has 0 radical (unpaired) electrons. The molecule has 6 heteroatoms. The highest BCUT2D eigenvalue weighted by molar-refractivity contribution is 7.90. The number of ketones is 1. The molecule has 0 saturated heterocycles. The van der Waals surface area contributed by atoms with Gasteiger partial charge >= 0.3 is 0 Å². The molecule has 0 aliphatic heterocycles. The van der Waals surface area contributed by atoms with Gasteiger partial charge in [0.05, 0.1) is 11.3 Å². The van der Waals surface area contributed by atoms with Gasteiger partial charge in [0.1, 0.15) is 12.1 Å². The van der Waals surface area contributed by atoms with Crippen molar-refractivity contribution in [1.29, 1.82) is 0 Å². The van der Waals surface area contributed by atoms with Crippen molar-refractivity contribution in [2.24, 2.45) is 0 Å². The lowest BCUT2D eigenvalue weighted by Crippen LogP contribution is -2.02. The number of sulfone groups is 1. The maximum atomic E-state index is 11.3. The highest BCUT2D eigenvalue weighted by Crippen LogP contribution is 2.22. The zero-order valence-electron chi connectivity index (χ0n) is 9.85. The van der Waals surface area contributed by atoms with Gasteiger partial charge in [0, 0.05) is 17.7 Å². The molecule has 18 heavy (non-hydrogen) atoms. The van der Waals surface area contributed by atoms with Crippen molar-refractivity contribution in [2.75, 3.05) is 6.26 Å². The van der Waals surface area contributed by atoms with Crippen molar-refractivity contribution in [1.82, 2.24) is 0 Å². The second-order valence-electron chi connectivity index (χ2n) is 3.93. The topological polar surface area (TPSA) is 68.3 Å². The smallest absolute Gasteiger partial charge is 0.175 e. The van der Waals surface area contributed by atoms with E-state index < -0.39 is 9.84 Å². The molecule has 0 fully saturated rings. The molecule has 0 aromatic heterocycles. The second kappa shape index (κ2) is 6.11. The summed E-state index contributed by atoms with van der Waals surface area (Å²) in [6.07, 6.45) is 2.19. The van der Waals surface area contributed by atoms with Crippen molar-refractivity contribution in [3.05, 3.63) is 28.8 Å². The van der Waals surface area contributed by atoms with Crippen LogP contribution in [0.4, 0.5) is 0 Å². The lowest BCUT2D eigenvalue weighted by Gasteiger charge is -2.05. The van der Waals surface area contributed by atoms with Gasteiger partial charge in [-0.05, 0) is 24.1 Å². The summed E-state index contributed by atoms with van der Waals surface area (Å²) in [6, 6.07) is 4.42. The van der Waals surface area contributed by atoms with Gasteiger partial charge in [-0.15, -0.1) is 0 Å². The first-order chi connectivity index (χ1) is 8.34. The lowest BCUT2D eigenvalue weighted by atomic mass is 10.1. The van der Waals surface area contributed by atoms with E-state index in [1.54, 1.807) is 6.07 Å². The Balaban J connectivity index is 2.81. The van der Waals surface area contributed by atoms with E-state index in [4.69, 9.17) is 11.6 Å². The molecule has 0 bridgehead atoms. The number of Topliss-reactive ketones (excluding diaryl/α,β-unsaturated/α-hetero) is 1.